The van der Waals surface area contributed by atoms with Crippen LogP contribution in [-0.4, -0.2) is 12.1 Å². The van der Waals surface area contributed by atoms with E-state index in [2.05, 4.69) is 66.0 Å². The van der Waals surface area contributed by atoms with Crippen molar-refractivity contribution >= 4 is 0 Å². The molecular weight excluding hydrogens is 318 g/mol. The monoisotopic (exact) mass is 343 g/mol. The van der Waals surface area contributed by atoms with Crippen molar-refractivity contribution < 1.29 is 0 Å². The molecule has 1 heterocycles. The minimum atomic E-state index is -0.236. The Hall–Kier alpha value is -2.62. The van der Waals surface area contributed by atoms with E-state index in [1.54, 1.807) is 0 Å². The highest BCUT2D eigenvalue weighted by atomic mass is 15.0. The standard InChI is InChI=1S/C23H25N3/c24-17-21-15-23(16-22(18-25)26-21,13-11-19-7-3-1-4-8-19)14-12-20-9-5-2-6-10-20/h1-10,21-22,26H,11-16H2/t21-,22-/m1/s1. The predicted molar refractivity (Wildman–Crippen MR) is 103 cm³/mol. The number of nitrogens with one attached hydrogen (secondary N) is 1. The van der Waals surface area contributed by atoms with E-state index in [-0.39, 0.29) is 17.5 Å². The third-order valence-electron chi connectivity index (χ3n) is 5.56. The first-order chi connectivity index (χ1) is 12.7. The highest BCUT2D eigenvalue weighted by molar-refractivity contribution is 5.18. The van der Waals surface area contributed by atoms with Crippen molar-refractivity contribution in [1.82, 2.24) is 5.32 Å². The summed E-state index contributed by atoms with van der Waals surface area (Å²) in [6.07, 6.45) is 5.66. The summed E-state index contributed by atoms with van der Waals surface area (Å²) >= 11 is 0. The van der Waals surface area contributed by atoms with Crippen LogP contribution in [0.3, 0.4) is 0 Å². The summed E-state index contributed by atoms with van der Waals surface area (Å²) in [6.45, 7) is 0. The third kappa shape index (κ3) is 4.72. The van der Waals surface area contributed by atoms with Crippen LogP contribution in [-0.2, 0) is 12.8 Å². The summed E-state index contributed by atoms with van der Waals surface area (Å²) in [7, 11) is 0. The number of nitriles is 2. The predicted octanol–water partition coefficient (Wildman–Crippen LogP) is 4.41. The number of hydrogen-bond acceptors (Lipinski definition) is 3. The van der Waals surface area contributed by atoms with Gasteiger partial charge < -0.3 is 0 Å². The van der Waals surface area contributed by atoms with Crippen LogP contribution in [0.25, 0.3) is 0 Å². The van der Waals surface area contributed by atoms with Crippen LogP contribution in [0.15, 0.2) is 60.7 Å². The maximum Gasteiger partial charge on any atom is 0.0968 e. The summed E-state index contributed by atoms with van der Waals surface area (Å²) in [4.78, 5) is 0. The van der Waals surface area contributed by atoms with Gasteiger partial charge >= 0.3 is 0 Å². The van der Waals surface area contributed by atoms with Crippen LogP contribution >= 0.6 is 0 Å². The van der Waals surface area contributed by atoms with E-state index >= 15 is 0 Å². The normalized spacial score (nSPS) is 21.5. The molecule has 0 amide bonds. The second-order valence-electron chi connectivity index (χ2n) is 7.41. The summed E-state index contributed by atoms with van der Waals surface area (Å²) < 4.78 is 0. The minimum absolute atomic E-state index is 0.0255. The summed E-state index contributed by atoms with van der Waals surface area (Å²) in [5.41, 5.74) is 2.68. The molecule has 2 atom stereocenters. The number of hydrogen-bond donors (Lipinski definition) is 1. The molecule has 1 saturated heterocycles. The van der Waals surface area contributed by atoms with E-state index in [1.807, 2.05) is 12.1 Å². The smallest absolute Gasteiger partial charge is 0.0968 e. The van der Waals surface area contributed by atoms with Gasteiger partial charge in [-0.05, 0) is 55.1 Å². The lowest BCUT2D eigenvalue weighted by Crippen LogP contribution is -2.49. The van der Waals surface area contributed by atoms with Gasteiger partial charge in [-0.25, -0.2) is 0 Å². The largest absolute Gasteiger partial charge is 0.287 e. The molecule has 0 bridgehead atoms. The molecule has 0 aromatic heterocycles. The summed E-state index contributed by atoms with van der Waals surface area (Å²) in [5.74, 6) is 0. The van der Waals surface area contributed by atoms with Gasteiger partial charge in [-0.3, -0.25) is 5.32 Å². The minimum Gasteiger partial charge on any atom is -0.287 e. The number of rotatable bonds is 6. The highest BCUT2D eigenvalue weighted by Gasteiger charge is 2.40. The highest BCUT2D eigenvalue weighted by Crippen LogP contribution is 2.42. The van der Waals surface area contributed by atoms with Gasteiger partial charge in [0.2, 0.25) is 0 Å². The lowest BCUT2D eigenvalue weighted by atomic mass is 9.67. The maximum atomic E-state index is 9.49. The first-order valence-electron chi connectivity index (χ1n) is 9.36. The summed E-state index contributed by atoms with van der Waals surface area (Å²) in [6, 6.07) is 25.3. The van der Waals surface area contributed by atoms with Crippen molar-refractivity contribution in [1.29, 1.82) is 10.5 Å². The molecule has 3 heteroatoms. The quantitative estimate of drug-likeness (QED) is 0.845. The fraction of sp³-hybridized carbons (Fsp3) is 0.391. The Balaban J connectivity index is 1.77. The molecule has 26 heavy (non-hydrogen) atoms. The fourth-order valence-corrected chi connectivity index (χ4v) is 4.12. The van der Waals surface area contributed by atoms with E-state index in [4.69, 9.17) is 0 Å². The first kappa shape index (κ1) is 18.2. The van der Waals surface area contributed by atoms with Crippen molar-refractivity contribution in [2.45, 2.75) is 50.6 Å². The molecule has 1 aliphatic rings. The molecule has 3 rings (SSSR count). The lowest BCUT2D eigenvalue weighted by molar-refractivity contribution is 0.134. The van der Waals surface area contributed by atoms with Gasteiger partial charge in [0.1, 0.15) is 0 Å². The van der Waals surface area contributed by atoms with Gasteiger partial charge in [0.05, 0.1) is 24.2 Å². The second-order valence-corrected chi connectivity index (χ2v) is 7.41. The molecular formula is C23H25N3. The second kappa shape index (κ2) is 8.65. The van der Waals surface area contributed by atoms with Gasteiger partial charge in [0.15, 0.2) is 0 Å². The molecule has 0 spiro atoms. The van der Waals surface area contributed by atoms with Crippen molar-refractivity contribution in [3.05, 3.63) is 71.8 Å². The first-order valence-corrected chi connectivity index (χ1v) is 9.36. The third-order valence-corrected chi connectivity index (χ3v) is 5.56. The number of benzene rings is 2. The average Bonchev–Trinajstić information content (AvgIpc) is 2.72. The molecule has 132 valence electrons. The molecule has 0 unspecified atom stereocenters. The Morgan fingerprint density at radius 3 is 1.58 bits per heavy atom. The Labute approximate surface area is 156 Å². The SMILES string of the molecule is N#C[C@H]1CC(CCc2ccccc2)(CCc2ccccc2)C[C@H](C#N)N1. The number of aryl methyl sites for hydroxylation is 2. The van der Waals surface area contributed by atoms with Crippen LogP contribution in [0, 0.1) is 28.1 Å². The van der Waals surface area contributed by atoms with Crippen LogP contribution in [0.5, 0.6) is 0 Å². The average molecular weight is 343 g/mol. The van der Waals surface area contributed by atoms with Crippen molar-refractivity contribution in [2.75, 3.05) is 0 Å². The molecule has 3 nitrogen and oxygen atoms in total. The lowest BCUT2D eigenvalue weighted by Gasteiger charge is -2.42. The molecule has 1 N–H and O–H groups in total. The van der Waals surface area contributed by atoms with Crippen LogP contribution < -0.4 is 5.32 Å². The van der Waals surface area contributed by atoms with Crippen molar-refractivity contribution in [2.24, 2.45) is 5.41 Å². The van der Waals surface area contributed by atoms with E-state index in [9.17, 15) is 10.5 Å². The van der Waals surface area contributed by atoms with Gasteiger partial charge in [-0.1, -0.05) is 60.7 Å². The van der Waals surface area contributed by atoms with Crippen molar-refractivity contribution in [3.8, 4) is 12.1 Å². The molecule has 2 aromatic carbocycles. The van der Waals surface area contributed by atoms with Gasteiger partial charge in [-0.15, -0.1) is 0 Å². The van der Waals surface area contributed by atoms with E-state index in [0.29, 0.717) is 0 Å². The summed E-state index contributed by atoms with van der Waals surface area (Å²) in [5, 5.41) is 22.2. The Bertz CT molecular complexity index is 703. The van der Waals surface area contributed by atoms with Crippen LogP contribution in [0.2, 0.25) is 0 Å². The topological polar surface area (TPSA) is 59.6 Å². The zero-order valence-corrected chi connectivity index (χ0v) is 15.1. The van der Waals surface area contributed by atoms with Gasteiger partial charge in [0, 0.05) is 0 Å². The Morgan fingerprint density at radius 2 is 1.19 bits per heavy atom. The van der Waals surface area contributed by atoms with E-state index < -0.39 is 0 Å². The Morgan fingerprint density at radius 1 is 0.769 bits per heavy atom. The van der Waals surface area contributed by atoms with E-state index in [0.717, 1.165) is 38.5 Å². The number of nitrogens with zero attached hydrogens (tertiary/aromatic N) is 2. The molecule has 0 saturated carbocycles. The maximum absolute atomic E-state index is 9.49. The molecule has 1 fully saturated rings. The van der Waals surface area contributed by atoms with E-state index in [1.165, 1.54) is 11.1 Å². The van der Waals surface area contributed by atoms with Crippen LogP contribution in [0.4, 0.5) is 0 Å². The van der Waals surface area contributed by atoms with Gasteiger partial charge in [0.25, 0.3) is 0 Å². The molecule has 1 aliphatic heterocycles. The Kier molecular flexibility index (Phi) is 6.05. The molecule has 2 aromatic rings. The van der Waals surface area contributed by atoms with Crippen molar-refractivity contribution in [3.63, 3.8) is 0 Å². The molecule has 0 radical (unpaired) electrons. The van der Waals surface area contributed by atoms with Crippen LogP contribution in [0.1, 0.15) is 36.8 Å². The van der Waals surface area contributed by atoms with Gasteiger partial charge in [-0.2, -0.15) is 10.5 Å². The fourth-order valence-electron chi connectivity index (χ4n) is 4.12. The number of piperidine rings is 1. The molecule has 0 aliphatic carbocycles. The zero-order chi connectivity index (χ0) is 18.2. The zero-order valence-electron chi connectivity index (χ0n) is 15.1.